The van der Waals surface area contributed by atoms with Crippen LogP contribution in [-0.2, 0) is 23.6 Å². The molecule has 6 N–H and O–H groups in total. The van der Waals surface area contributed by atoms with Gasteiger partial charge in [0.05, 0.1) is 0 Å². The van der Waals surface area contributed by atoms with Crippen LogP contribution in [0.15, 0.2) is 0 Å². The van der Waals surface area contributed by atoms with E-state index in [9.17, 15) is 0 Å². The van der Waals surface area contributed by atoms with Crippen LogP contribution in [0.5, 0.6) is 0 Å². The molecule has 0 bridgehead atoms. The molecule has 0 aromatic heterocycles. The standard InChI is InChI=1S/Ca.H6O7Si2.Zn.2H/c;1-8(2,3)7-9(4,5)6;;;/h;1-6H;;;. The SMILES string of the molecule is O[Si](O)(O)O[Si](O)(O)O.[CaH2].[Zn]. The Morgan fingerprint density at radius 3 is 0.909 bits per heavy atom. The molecule has 0 aromatic carbocycles. The van der Waals surface area contributed by atoms with Crippen molar-refractivity contribution in [3.05, 3.63) is 0 Å². The van der Waals surface area contributed by atoms with Crippen LogP contribution < -0.4 is 0 Å². The number of hydrogen-bond donors (Lipinski definition) is 6. The van der Waals surface area contributed by atoms with Gasteiger partial charge < -0.3 is 32.9 Å². The topological polar surface area (TPSA) is 131 Å². The summed E-state index contributed by atoms with van der Waals surface area (Å²) in [6, 6.07) is 0. The molecule has 0 spiro atoms. The molecule has 0 atom stereocenters. The maximum atomic E-state index is 7.94. The van der Waals surface area contributed by atoms with Crippen LogP contribution in [0, 0.1) is 0 Å². The maximum Gasteiger partial charge on any atom is 0 e. The summed E-state index contributed by atoms with van der Waals surface area (Å²) < 4.78 is 3.24. The minimum Gasteiger partial charge on any atom is 0 e. The second-order valence-electron chi connectivity index (χ2n) is 1.25. The molecule has 7 nitrogen and oxygen atoms in total. The summed E-state index contributed by atoms with van der Waals surface area (Å²) in [6.07, 6.45) is 0. The predicted octanol–water partition coefficient (Wildman–Crippen LogP) is -5.09. The average Bonchev–Trinajstić information content (AvgIpc) is 1.14. The van der Waals surface area contributed by atoms with Crippen LogP contribution in [0.2, 0.25) is 0 Å². The fourth-order valence-electron chi connectivity index (χ4n) is 0.184. The molecule has 0 aliphatic rings. The second kappa shape index (κ2) is 6.48. The van der Waals surface area contributed by atoms with Crippen molar-refractivity contribution in [2.24, 2.45) is 0 Å². The van der Waals surface area contributed by atoms with Gasteiger partial charge in [-0.1, -0.05) is 0 Å². The van der Waals surface area contributed by atoms with Crippen molar-refractivity contribution in [2.45, 2.75) is 0 Å². The normalized spacial score (nSPS) is 11.5. The first kappa shape index (κ1) is 18.8. The summed E-state index contributed by atoms with van der Waals surface area (Å²) in [5, 5.41) is 0. The van der Waals surface area contributed by atoms with Gasteiger partial charge in [0, 0.05) is 19.5 Å². The third-order valence-electron chi connectivity index (χ3n) is 0.274. The Hall–Kier alpha value is 2.04. The van der Waals surface area contributed by atoms with Gasteiger partial charge in [-0.3, -0.25) is 0 Å². The fourth-order valence-corrected chi connectivity index (χ4v) is 1.65. The van der Waals surface area contributed by atoms with Crippen molar-refractivity contribution in [3.63, 3.8) is 0 Å². The maximum absolute atomic E-state index is 7.94. The van der Waals surface area contributed by atoms with E-state index in [1.165, 1.54) is 0 Å². The third kappa shape index (κ3) is 18.8. The summed E-state index contributed by atoms with van der Waals surface area (Å²) in [4.78, 5) is 47.6. The molecule has 11 heavy (non-hydrogen) atoms. The van der Waals surface area contributed by atoms with Crippen LogP contribution in [0.4, 0.5) is 0 Å². The first-order valence-electron chi connectivity index (χ1n) is 1.75. The number of hydrogen-bond acceptors (Lipinski definition) is 7. The Morgan fingerprint density at radius 2 is 0.909 bits per heavy atom. The quantitative estimate of drug-likeness (QED) is 0.279. The van der Waals surface area contributed by atoms with Gasteiger partial charge >= 0.3 is 55.8 Å². The Balaban J connectivity index is -0.000000320. The van der Waals surface area contributed by atoms with Crippen LogP contribution >= 0.6 is 0 Å². The van der Waals surface area contributed by atoms with Crippen molar-refractivity contribution >= 4 is 55.8 Å². The molecule has 0 aliphatic heterocycles. The minimum absolute atomic E-state index is 0. The van der Waals surface area contributed by atoms with Gasteiger partial charge in [0.15, 0.2) is 0 Å². The summed E-state index contributed by atoms with van der Waals surface area (Å²) >= 11 is 0. The molecular weight excluding hydrogens is 274 g/mol. The smallest absolute Gasteiger partial charge is 0 e. The Morgan fingerprint density at radius 1 is 0.727 bits per heavy atom. The molecule has 0 fully saturated rings. The summed E-state index contributed by atoms with van der Waals surface area (Å²) in [5.74, 6) is 0. The minimum atomic E-state index is -4.98. The molecular formula is H8CaO7Si2Zn. The van der Waals surface area contributed by atoms with Crippen LogP contribution in [0.1, 0.15) is 0 Å². The summed E-state index contributed by atoms with van der Waals surface area (Å²) in [7, 11) is -9.96. The summed E-state index contributed by atoms with van der Waals surface area (Å²) in [5.41, 5.74) is 0. The Kier molecular flexibility index (Phi) is 11.1. The molecule has 62 valence electrons. The van der Waals surface area contributed by atoms with Crippen molar-refractivity contribution in [1.29, 1.82) is 0 Å². The van der Waals surface area contributed by atoms with E-state index < -0.39 is 18.1 Å². The van der Waals surface area contributed by atoms with Crippen molar-refractivity contribution in [3.8, 4) is 0 Å². The molecule has 0 aromatic rings. The van der Waals surface area contributed by atoms with E-state index in [4.69, 9.17) is 28.8 Å². The van der Waals surface area contributed by atoms with E-state index in [1.54, 1.807) is 0 Å². The molecule has 0 radical (unpaired) electrons. The molecule has 0 unspecified atom stereocenters. The first-order chi connectivity index (χ1) is 3.71. The zero-order valence-corrected chi connectivity index (χ0v) is 9.77. The van der Waals surface area contributed by atoms with Crippen molar-refractivity contribution < 1.29 is 52.4 Å². The largest absolute Gasteiger partial charge is 0 e. The predicted molar refractivity (Wildman–Crippen MR) is 34.4 cm³/mol. The van der Waals surface area contributed by atoms with Crippen LogP contribution in [-0.4, -0.2) is 84.6 Å². The van der Waals surface area contributed by atoms with Crippen LogP contribution in [0.3, 0.4) is 0 Å². The average molecular weight is 282 g/mol. The van der Waals surface area contributed by atoms with Gasteiger partial charge in [0.25, 0.3) is 0 Å². The molecule has 0 aliphatic carbocycles. The van der Waals surface area contributed by atoms with Crippen molar-refractivity contribution in [2.75, 3.05) is 0 Å². The molecule has 0 saturated heterocycles. The van der Waals surface area contributed by atoms with Gasteiger partial charge in [-0.2, -0.15) is 0 Å². The van der Waals surface area contributed by atoms with E-state index >= 15 is 0 Å². The molecule has 0 rings (SSSR count). The van der Waals surface area contributed by atoms with Gasteiger partial charge in [-0.05, 0) is 0 Å². The third-order valence-corrected chi connectivity index (χ3v) is 2.46. The zero-order chi connectivity index (χ0) is 7.71. The van der Waals surface area contributed by atoms with Gasteiger partial charge in [0.1, 0.15) is 0 Å². The Labute approximate surface area is 107 Å². The molecule has 0 amide bonds. The van der Waals surface area contributed by atoms with Crippen molar-refractivity contribution in [1.82, 2.24) is 0 Å². The van der Waals surface area contributed by atoms with E-state index in [1.807, 2.05) is 0 Å². The fraction of sp³-hybridized carbons (Fsp3) is 0. The van der Waals surface area contributed by atoms with E-state index in [2.05, 4.69) is 4.12 Å². The van der Waals surface area contributed by atoms with E-state index in [-0.39, 0.29) is 57.2 Å². The van der Waals surface area contributed by atoms with E-state index in [0.717, 1.165) is 0 Å². The van der Waals surface area contributed by atoms with Gasteiger partial charge in [-0.15, -0.1) is 0 Å². The monoisotopic (exact) mass is 280 g/mol. The molecule has 0 saturated carbocycles. The zero-order valence-electron chi connectivity index (χ0n) is 4.80. The van der Waals surface area contributed by atoms with Crippen LogP contribution in [0.25, 0.3) is 0 Å². The van der Waals surface area contributed by atoms with Gasteiger partial charge in [0.2, 0.25) is 0 Å². The molecule has 11 heteroatoms. The first-order valence-corrected chi connectivity index (χ1v) is 5.25. The molecule has 0 heterocycles. The Bertz CT molecular complexity index is 81.6. The summed E-state index contributed by atoms with van der Waals surface area (Å²) in [6.45, 7) is 0. The van der Waals surface area contributed by atoms with Gasteiger partial charge in [-0.25, -0.2) is 0 Å². The number of rotatable bonds is 2. The second-order valence-corrected chi connectivity index (χ2v) is 4.36. The van der Waals surface area contributed by atoms with E-state index in [0.29, 0.717) is 0 Å².